The van der Waals surface area contributed by atoms with Crippen molar-refractivity contribution >= 4 is 43.6 Å². The zero-order valence-electron chi connectivity index (χ0n) is 28.5. The van der Waals surface area contributed by atoms with Crippen LogP contribution in [-0.4, -0.2) is 9.13 Å². The molecule has 0 aliphatic carbocycles. The molecule has 2 nitrogen and oxygen atoms in total. The Morgan fingerprint density at radius 1 is 0.412 bits per heavy atom. The highest BCUT2D eigenvalue weighted by molar-refractivity contribution is 6.12. The maximum absolute atomic E-state index is 15.4. The molecule has 8 heteroatoms. The fraction of sp³-hybridized carbons (Fsp3) is 0.163. The number of alkyl halides is 6. The van der Waals surface area contributed by atoms with E-state index in [4.69, 9.17) is 0 Å². The molecule has 0 amide bonds. The van der Waals surface area contributed by atoms with E-state index in [0.717, 1.165) is 67.0 Å². The second-order valence-corrected chi connectivity index (χ2v) is 13.6. The zero-order valence-corrected chi connectivity index (χ0v) is 28.5. The van der Waals surface area contributed by atoms with Crippen LogP contribution in [-0.2, 0) is 12.4 Å². The van der Waals surface area contributed by atoms with Crippen LogP contribution in [0.3, 0.4) is 0 Å². The van der Waals surface area contributed by atoms with Gasteiger partial charge in [0.1, 0.15) is 0 Å². The number of fused-ring (bicyclic) bond motifs is 6. The summed E-state index contributed by atoms with van der Waals surface area (Å²) in [5.41, 5.74) is 4.09. The Bertz CT molecular complexity index is 2600. The smallest absolute Gasteiger partial charge is 0.307 e. The molecule has 0 N–H and O–H groups in total. The minimum atomic E-state index is -4.99. The van der Waals surface area contributed by atoms with E-state index in [1.54, 1.807) is 0 Å². The molecule has 0 spiro atoms. The summed E-state index contributed by atoms with van der Waals surface area (Å²) in [7, 11) is 0. The van der Waals surface area contributed by atoms with E-state index in [1.165, 1.54) is 25.1 Å². The standard InChI is InChI=1S/C43H32F6N2/c1-23-9-13-35-28(17-23)29-18-24(2)10-14-36(29)50(35)39-21-32(41-27(5)7-6-8-33(41)42(44,45)46)34(43(47,48)49)22-40(39)51-37-15-11-25(3)19-30(37)31-20-26(4)12-16-38(31)51/h6-22H,1-5H3. The summed E-state index contributed by atoms with van der Waals surface area (Å²) in [5, 5.41) is 3.51. The van der Waals surface area contributed by atoms with Crippen LogP contribution in [0.5, 0.6) is 0 Å². The molecular weight excluding hydrogens is 658 g/mol. The van der Waals surface area contributed by atoms with Crippen molar-refractivity contribution in [1.82, 2.24) is 9.13 Å². The summed E-state index contributed by atoms with van der Waals surface area (Å²) in [4.78, 5) is 0. The Kier molecular flexibility index (Phi) is 7.21. The molecule has 2 heterocycles. The molecular formula is C43H32F6N2. The molecule has 2 aromatic heterocycles. The van der Waals surface area contributed by atoms with E-state index >= 15 is 13.2 Å². The maximum atomic E-state index is 15.4. The van der Waals surface area contributed by atoms with Crippen LogP contribution >= 0.6 is 0 Å². The number of halogens is 6. The SMILES string of the molecule is Cc1ccc2c(c1)c1cc(C)ccc1n2-c1cc(-c2c(C)cccc2C(F)(F)F)c(C(F)(F)F)cc1-n1c2ccc(C)cc2c2cc(C)ccc21. The van der Waals surface area contributed by atoms with Gasteiger partial charge in [-0.3, -0.25) is 0 Å². The lowest BCUT2D eigenvalue weighted by molar-refractivity contribution is -0.139. The van der Waals surface area contributed by atoms with Gasteiger partial charge in [-0.2, -0.15) is 26.3 Å². The highest BCUT2D eigenvalue weighted by Crippen LogP contribution is 2.48. The Morgan fingerprint density at radius 3 is 1.16 bits per heavy atom. The molecule has 51 heavy (non-hydrogen) atoms. The average molecular weight is 691 g/mol. The van der Waals surface area contributed by atoms with Crippen molar-refractivity contribution in [2.24, 2.45) is 0 Å². The summed E-state index contributed by atoms with van der Waals surface area (Å²) in [6.07, 6.45) is -9.89. The van der Waals surface area contributed by atoms with E-state index in [0.29, 0.717) is 16.7 Å². The van der Waals surface area contributed by atoms with Crippen LogP contribution in [0.2, 0.25) is 0 Å². The van der Waals surface area contributed by atoms with Crippen molar-refractivity contribution in [3.63, 3.8) is 0 Å². The van der Waals surface area contributed by atoms with Crippen LogP contribution < -0.4 is 0 Å². The first-order chi connectivity index (χ1) is 24.1. The van der Waals surface area contributed by atoms with E-state index in [2.05, 4.69) is 0 Å². The van der Waals surface area contributed by atoms with Gasteiger partial charge < -0.3 is 9.13 Å². The first-order valence-electron chi connectivity index (χ1n) is 16.6. The maximum Gasteiger partial charge on any atom is 0.417 e. The third-order valence-corrected chi connectivity index (χ3v) is 9.90. The number of aromatic nitrogens is 2. The van der Waals surface area contributed by atoms with Crippen molar-refractivity contribution in [2.75, 3.05) is 0 Å². The van der Waals surface area contributed by atoms with Crippen molar-refractivity contribution in [3.8, 4) is 22.5 Å². The molecule has 8 aromatic rings. The summed E-state index contributed by atoms with van der Waals surface area (Å²) < 4.78 is 93.9. The highest BCUT2D eigenvalue weighted by Gasteiger charge is 2.40. The predicted octanol–water partition coefficient (Wildman–Crippen LogP) is 13.1. The molecule has 256 valence electrons. The Hall–Kier alpha value is -5.50. The minimum absolute atomic E-state index is 0.0883. The third kappa shape index (κ3) is 5.19. The Balaban J connectivity index is 1.63. The first-order valence-corrected chi connectivity index (χ1v) is 16.6. The number of hydrogen-bond donors (Lipinski definition) is 0. The lowest BCUT2D eigenvalue weighted by atomic mass is 9.90. The lowest BCUT2D eigenvalue weighted by Gasteiger charge is -2.24. The first kappa shape index (κ1) is 32.7. The number of benzene rings is 6. The second-order valence-electron chi connectivity index (χ2n) is 13.6. The van der Waals surface area contributed by atoms with E-state index < -0.39 is 34.6 Å². The second kappa shape index (κ2) is 11.3. The number of aryl methyl sites for hydroxylation is 5. The van der Waals surface area contributed by atoms with Gasteiger partial charge >= 0.3 is 12.4 Å². The van der Waals surface area contributed by atoms with Gasteiger partial charge in [0.25, 0.3) is 0 Å². The topological polar surface area (TPSA) is 9.86 Å². The normalized spacial score (nSPS) is 12.6. The molecule has 0 saturated carbocycles. The Labute approximate surface area is 290 Å². The van der Waals surface area contributed by atoms with Gasteiger partial charge in [0, 0.05) is 21.5 Å². The quantitative estimate of drug-likeness (QED) is 0.163. The zero-order chi connectivity index (χ0) is 36.1. The fourth-order valence-electron chi connectivity index (χ4n) is 7.66. The Morgan fingerprint density at radius 2 is 0.784 bits per heavy atom. The van der Waals surface area contributed by atoms with Gasteiger partial charge in [-0.25, -0.2) is 0 Å². The number of rotatable bonds is 3. The van der Waals surface area contributed by atoms with Gasteiger partial charge in [0.15, 0.2) is 0 Å². The van der Waals surface area contributed by atoms with E-state index in [9.17, 15) is 13.2 Å². The van der Waals surface area contributed by atoms with Crippen LogP contribution in [0, 0.1) is 34.6 Å². The third-order valence-electron chi connectivity index (χ3n) is 9.90. The van der Waals surface area contributed by atoms with Crippen LogP contribution in [0.15, 0.2) is 103 Å². The fourth-order valence-corrected chi connectivity index (χ4v) is 7.66. The van der Waals surface area contributed by atoms with Gasteiger partial charge in [-0.15, -0.1) is 0 Å². The van der Waals surface area contributed by atoms with Crippen molar-refractivity contribution in [3.05, 3.63) is 142 Å². The van der Waals surface area contributed by atoms with Gasteiger partial charge in [0.2, 0.25) is 0 Å². The molecule has 0 saturated heterocycles. The molecule has 0 atom stereocenters. The van der Waals surface area contributed by atoms with Gasteiger partial charge in [-0.05, 0) is 118 Å². The average Bonchev–Trinajstić information content (AvgIpc) is 3.54. The molecule has 0 aliphatic heterocycles. The van der Waals surface area contributed by atoms with Gasteiger partial charge in [0.05, 0.1) is 44.6 Å². The largest absolute Gasteiger partial charge is 0.417 e. The summed E-state index contributed by atoms with van der Waals surface area (Å²) in [6.45, 7) is 9.28. The van der Waals surface area contributed by atoms with E-state index in [-0.39, 0.29) is 11.3 Å². The predicted molar refractivity (Wildman–Crippen MR) is 194 cm³/mol. The monoisotopic (exact) mass is 690 g/mol. The molecule has 0 radical (unpaired) electrons. The molecule has 0 bridgehead atoms. The molecule has 8 rings (SSSR count). The molecule has 0 unspecified atom stereocenters. The molecule has 0 fully saturated rings. The molecule has 0 aliphatic rings. The summed E-state index contributed by atoms with van der Waals surface area (Å²) >= 11 is 0. The van der Waals surface area contributed by atoms with Crippen LogP contribution in [0.4, 0.5) is 26.3 Å². The highest BCUT2D eigenvalue weighted by atomic mass is 19.4. The van der Waals surface area contributed by atoms with Crippen LogP contribution in [0.1, 0.15) is 38.9 Å². The summed E-state index contributed by atoms with van der Waals surface area (Å²) in [5.74, 6) is 0. The number of nitrogens with zero attached hydrogens (tertiary/aromatic N) is 2. The molecule has 6 aromatic carbocycles. The minimum Gasteiger partial charge on any atom is -0.307 e. The lowest BCUT2D eigenvalue weighted by Crippen LogP contribution is -2.15. The van der Waals surface area contributed by atoms with Gasteiger partial charge in [-0.1, -0.05) is 58.7 Å². The van der Waals surface area contributed by atoms with Crippen molar-refractivity contribution < 1.29 is 26.3 Å². The van der Waals surface area contributed by atoms with E-state index in [1.807, 2.05) is 110 Å². The summed E-state index contributed by atoms with van der Waals surface area (Å²) in [6, 6.07) is 29.3. The van der Waals surface area contributed by atoms with Crippen molar-refractivity contribution in [1.29, 1.82) is 0 Å². The van der Waals surface area contributed by atoms with Crippen LogP contribution in [0.25, 0.3) is 66.1 Å². The van der Waals surface area contributed by atoms with Crippen molar-refractivity contribution in [2.45, 2.75) is 47.0 Å². The number of hydrogen-bond acceptors (Lipinski definition) is 0.